The molecule has 2 amide bonds. The van der Waals surface area contributed by atoms with Gasteiger partial charge in [0.05, 0.1) is 28.3 Å². The van der Waals surface area contributed by atoms with Crippen molar-refractivity contribution in [3.63, 3.8) is 0 Å². The molecule has 9 heteroatoms. The van der Waals surface area contributed by atoms with Gasteiger partial charge < -0.3 is 20.1 Å². The van der Waals surface area contributed by atoms with Crippen molar-refractivity contribution < 1.29 is 24.2 Å². The highest BCUT2D eigenvalue weighted by molar-refractivity contribution is 6.39. The van der Waals surface area contributed by atoms with E-state index in [9.17, 15) is 19.5 Å². The predicted octanol–water partition coefficient (Wildman–Crippen LogP) is 5.36. The molecule has 1 atom stereocenters. The fraction of sp³-hybridized carbons (Fsp3) is 0.207. The largest absolute Gasteiger partial charge is 0.496 e. The molecule has 0 aromatic heterocycles. The van der Waals surface area contributed by atoms with Crippen LogP contribution >= 0.6 is 23.2 Å². The fourth-order valence-corrected chi connectivity index (χ4v) is 4.91. The van der Waals surface area contributed by atoms with E-state index in [1.54, 1.807) is 30.2 Å². The van der Waals surface area contributed by atoms with Gasteiger partial charge in [-0.15, -0.1) is 0 Å². The van der Waals surface area contributed by atoms with Crippen LogP contribution in [0.5, 0.6) is 5.75 Å². The number of methoxy groups -OCH3 is 1. The number of carboxylic acids is 1. The maximum absolute atomic E-state index is 13.0. The first-order valence-electron chi connectivity index (χ1n) is 12.0. The average molecular weight is 553 g/mol. The molecular formula is C29H26Cl2N2O5. The van der Waals surface area contributed by atoms with Gasteiger partial charge in [-0.3, -0.25) is 9.59 Å². The molecule has 196 valence electrons. The average Bonchev–Trinajstić information content (AvgIpc) is 2.92. The van der Waals surface area contributed by atoms with Crippen molar-refractivity contribution in [1.82, 2.24) is 10.2 Å². The molecule has 1 aliphatic rings. The first-order chi connectivity index (χ1) is 18.3. The van der Waals surface area contributed by atoms with Gasteiger partial charge in [-0.1, -0.05) is 71.7 Å². The Morgan fingerprint density at radius 2 is 1.68 bits per heavy atom. The predicted molar refractivity (Wildman–Crippen MR) is 147 cm³/mol. The highest BCUT2D eigenvalue weighted by Crippen LogP contribution is 2.27. The number of ether oxygens (including phenoxy) is 1. The molecule has 3 aromatic carbocycles. The summed E-state index contributed by atoms with van der Waals surface area (Å²) in [5, 5.41) is 12.5. The zero-order chi connectivity index (χ0) is 27.2. The van der Waals surface area contributed by atoms with Gasteiger partial charge in [-0.25, -0.2) is 4.79 Å². The molecule has 0 saturated carbocycles. The number of rotatable bonds is 8. The lowest BCUT2D eigenvalue weighted by molar-refractivity contribution is -0.139. The Bertz CT molecular complexity index is 1370. The van der Waals surface area contributed by atoms with E-state index in [4.69, 9.17) is 27.9 Å². The van der Waals surface area contributed by atoms with Gasteiger partial charge in [0, 0.05) is 19.5 Å². The number of hydrogen-bond donors (Lipinski definition) is 2. The fourth-order valence-electron chi connectivity index (χ4n) is 4.34. The van der Waals surface area contributed by atoms with Crippen LogP contribution in [-0.4, -0.2) is 54.0 Å². The maximum atomic E-state index is 13.0. The molecule has 0 spiro atoms. The van der Waals surface area contributed by atoms with E-state index in [-0.39, 0.29) is 27.9 Å². The number of hydrogen-bond acceptors (Lipinski definition) is 4. The van der Waals surface area contributed by atoms with Crippen molar-refractivity contribution in [2.75, 3.05) is 20.2 Å². The second kappa shape index (κ2) is 12.2. The number of nitrogens with zero attached hydrogens (tertiary/aromatic N) is 1. The minimum Gasteiger partial charge on any atom is -0.496 e. The molecule has 0 bridgehead atoms. The molecule has 38 heavy (non-hydrogen) atoms. The van der Waals surface area contributed by atoms with Crippen LogP contribution in [0, 0.1) is 0 Å². The van der Waals surface area contributed by atoms with Gasteiger partial charge in [0.25, 0.3) is 11.8 Å². The van der Waals surface area contributed by atoms with Crippen LogP contribution in [0.3, 0.4) is 0 Å². The summed E-state index contributed by atoms with van der Waals surface area (Å²) in [6.45, 7) is 1.05. The highest BCUT2D eigenvalue weighted by Gasteiger charge is 2.25. The van der Waals surface area contributed by atoms with Crippen molar-refractivity contribution in [2.24, 2.45) is 0 Å². The Kier molecular flexibility index (Phi) is 8.71. The van der Waals surface area contributed by atoms with Crippen molar-refractivity contribution in [1.29, 1.82) is 0 Å². The molecule has 1 aliphatic heterocycles. The second-order valence-corrected chi connectivity index (χ2v) is 9.61. The van der Waals surface area contributed by atoms with E-state index in [0.717, 1.165) is 16.7 Å². The van der Waals surface area contributed by atoms with E-state index >= 15 is 0 Å². The summed E-state index contributed by atoms with van der Waals surface area (Å²) >= 11 is 12.2. The minimum atomic E-state index is -1.17. The molecule has 1 heterocycles. The van der Waals surface area contributed by atoms with Crippen LogP contribution in [0.25, 0.3) is 5.57 Å². The third-order valence-electron chi connectivity index (χ3n) is 6.39. The Morgan fingerprint density at radius 3 is 2.29 bits per heavy atom. The molecule has 0 aliphatic carbocycles. The van der Waals surface area contributed by atoms with Crippen LogP contribution in [0.4, 0.5) is 0 Å². The Hall–Kier alpha value is -3.81. The van der Waals surface area contributed by atoms with Crippen LogP contribution in [0.1, 0.15) is 38.3 Å². The SMILES string of the molecule is COc1ccccc1C(=O)N1CC=C(c2ccc(C[C@H](NC(=O)c3c(Cl)cccc3Cl)C(=O)O)cc2)CC1. The topological polar surface area (TPSA) is 95.9 Å². The molecule has 2 N–H and O–H groups in total. The van der Waals surface area contributed by atoms with Gasteiger partial charge in [-0.05, 0) is 47.4 Å². The number of para-hydroxylation sites is 1. The summed E-state index contributed by atoms with van der Waals surface area (Å²) in [5.74, 6) is -1.34. The normalized spacial score (nSPS) is 13.9. The monoisotopic (exact) mass is 552 g/mol. The number of carboxylic acid groups (broad SMARTS) is 1. The van der Waals surface area contributed by atoms with E-state index in [1.807, 2.05) is 42.5 Å². The van der Waals surface area contributed by atoms with Crippen molar-refractivity contribution >= 4 is 46.6 Å². The van der Waals surface area contributed by atoms with Gasteiger partial charge in [-0.2, -0.15) is 0 Å². The zero-order valence-corrected chi connectivity index (χ0v) is 22.1. The van der Waals surface area contributed by atoms with Crippen LogP contribution in [-0.2, 0) is 11.2 Å². The van der Waals surface area contributed by atoms with Crippen LogP contribution < -0.4 is 10.1 Å². The summed E-state index contributed by atoms with van der Waals surface area (Å²) in [6, 6.07) is 18.2. The lowest BCUT2D eigenvalue weighted by atomic mass is 9.96. The molecule has 0 unspecified atom stereocenters. The first kappa shape index (κ1) is 27.2. The van der Waals surface area contributed by atoms with Crippen molar-refractivity contribution in [3.8, 4) is 5.75 Å². The number of halogens is 2. The molecule has 0 fully saturated rings. The standard InChI is InChI=1S/C29H26Cl2N2O5/c1-38-25-8-3-2-5-21(25)28(35)33-15-13-20(14-16-33)19-11-9-18(10-12-19)17-24(29(36)37)32-27(34)26-22(30)6-4-7-23(26)31/h2-13,24H,14-17H2,1H3,(H,32,34)(H,36,37)/t24-/m0/s1. The summed E-state index contributed by atoms with van der Waals surface area (Å²) < 4.78 is 5.32. The van der Waals surface area contributed by atoms with Gasteiger partial charge in [0.15, 0.2) is 0 Å². The van der Waals surface area contributed by atoms with Gasteiger partial charge in [0.1, 0.15) is 11.8 Å². The van der Waals surface area contributed by atoms with Crippen molar-refractivity contribution in [2.45, 2.75) is 18.9 Å². The second-order valence-electron chi connectivity index (χ2n) is 8.79. The molecule has 4 rings (SSSR count). The van der Waals surface area contributed by atoms with E-state index in [1.165, 1.54) is 12.1 Å². The third kappa shape index (κ3) is 6.18. The Labute approximate surface area is 230 Å². The molecule has 0 saturated heterocycles. The number of benzene rings is 3. The lowest BCUT2D eigenvalue weighted by Crippen LogP contribution is -2.42. The number of carbonyl (C=O) groups excluding carboxylic acids is 2. The van der Waals surface area contributed by atoms with E-state index < -0.39 is 17.9 Å². The number of carbonyl (C=O) groups is 3. The Morgan fingerprint density at radius 1 is 1.00 bits per heavy atom. The summed E-state index contributed by atoms with van der Waals surface area (Å²) in [6.07, 6.45) is 2.80. The third-order valence-corrected chi connectivity index (χ3v) is 7.02. The number of amides is 2. The van der Waals surface area contributed by atoms with Crippen LogP contribution in [0.15, 0.2) is 72.8 Å². The molecule has 7 nitrogen and oxygen atoms in total. The van der Waals surface area contributed by atoms with E-state index in [0.29, 0.717) is 30.8 Å². The smallest absolute Gasteiger partial charge is 0.326 e. The van der Waals surface area contributed by atoms with Crippen LogP contribution in [0.2, 0.25) is 10.0 Å². The number of nitrogens with one attached hydrogen (secondary N) is 1. The Balaban J connectivity index is 1.40. The maximum Gasteiger partial charge on any atom is 0.326 e. The molecule has 0 radical (unpaired) electrons. The quantitative estimate of drug-likeness (QED) is 0.392. The van der Waals surface area contributed by atoms with Gasteiger partial charge >= 0.3 is 5.97 Å². The van der Waals surface area contributed by atoms with Crippen molar-refractivity contribution in [3.05, 3.63) is 105 Å². The van der Waals surface area contributed by atoms with E-state index in [2.05, 4.69) is 5.32 Å². The summed E-state index contributed by atoms with van der Waals surface area (Å²) in [5.41, 5.74) is 3.43. The molecular weight excluding hydrogens is 527 g/mol. The minimum absolute atomic E-state index is 0.0416. The molecule has 3 aromatic rings. The number of aliphatic carboxylic acids is 1. The summed E-state index contributed by atoms with van der Waals surface area (Å²) in [7, 11) is 1.55. The summed E-state index contributed by atoms with van der Waals surface area (Å²) in [4.78, 5) is 39.3. The highest BCUT2D eigenvalue weighted by atomic mass is 35.5. The zero-order valence-electron chi connectivity index (χ0n) is 20.6. The lowest BCUT2D eigenvalue weighted by Gasteiger charge is -2.27. The first-order valence-corrected chi connectivity index (χ1v) is 12.7. The van der Waals surface area contributed by atoms with Gasteiger partial charge in [0.2, 0.25) is 0 Å².